The molecule has 2 heterocycles. The fourth-order valence-electron chi connectivity index (χ4n) is 1.46. The van der Waals surface area contributed by atoms with Crippen LogP contribution in [-0.4, -0.2) is 16.3 Å². The molecule has 3 nitrogen and oxygen atoms in total. The molecule has 0 unspecified atom stereocenters. The first-order valence-corrected chi connectivity index (χ1v) is 6.23. The van der Waals surface area contributed by atoms with Crippen LogP contribution in [-0.2, 0) is 12.7 Å². The minimum Gasteiger partial charge on any atom is -0.320 e. The van der Waals surface area contributed by atoms with Crippen LogP contribution in [0.25, 0.3) is 0 Å². The van der Waals surface area contributed by atoms with Gasteiger partial charge in [0.05, 0.1) is 24.8 Å². The van der Waals surface area contributed by atoms with Crippen molar-refractivity contribution >= 4 is 11.3 Å². The summed E-state index contributed by atoms with van der Waals surface area (Å²) in [6.45, 7) is 0.512. The Morgan fingerprint density at radius 2 is 2.21 bits per heavy atom. The molecule has 0 saturated carbocycles. The normalized spacial score (nSPS) is 11.2. The lowest BCUT2D eigenvalue weighted by Gasteiger charge is -2.01. The Hall–Kier alpha value is -1.78. The fourth-order valence-corrected chi connectivity index (χ4v) is 2.29. The van der Waals surface area contributed by atoms with E-state index in [0.29, 0.717) is 0 Å². The maximum atomic E-state index is 12.4. The van der Waals surface area contributed by atoms with Crippen molar-refractivity contribution in [2.24, 2.45) is 5.73 Å². The highest BCUT2D eigenvalue weighted by atomic mass is 32.1. The topological polar surface area (TPSA) is 43.8 Å². The largest absolute Gasteiger partial charge is 0.419 e. The van der Waals surface area contributed by atoms with E-state index in [1.807, 2.05) is 11.4 Å². The van der Waals surface area contributed by atoms with E-state index in [1.54, 1.807) is 0 Å². The molecule has 2 N–H and O–H groups in total. The number of alkyl halides is 3. The molecule has 0 spiro atoms. The molecule has 0 aliphatic rings. The summed E-state index contributed by atoms with van der Waals surface area (Å²) in [5.41, 5.74) is 5.31. The van der Waals surface area contributed by atoms with Gasteiger partial charge >= 0.3 is 6.18 Å². The van der Waals surface area contributed by atoms with Crippen LogP contribution in [0, 0.1) is 11.8 Å². The average Bonchev–Trinajstić information content (AvgIpc) is 2.95. The molecule has 0 amide bonds. The molecular weight excluding hydrogens is 275 g/mol. The summed E-state index contributed by atoms with van der Waals surface area (Å²) >= 11 is 1.43. The van der Waals surface area contributed by atoms with E-state index in [0.717, 1.165) is 22.8 Å². The summed E-state index contributed by atoms with van der Waals surface area (Å²) in [5.74, 6) is 5.60. The highest BCUT2D eigenvalue weighted by Gasteiger charge is 2.32. The van der Waals surface area contributed by atoms with Crippen LogP contribution in [0.4, 0.5) is 13.2 Å². The third kappa shape index (κ3) is 3.36. The van der Waals surface area contributed by atoms with Crippen LogP contribution in [0.5, 0.6) is 0 Å². The third-order valence-electron chi connectivity index (χ3n) is 2.34. The van der Waals surface area contributed by atoms with Crippen LogP contribution < -0.4 is 5.73 Å². The van der Waals surface area contributed by atoms with Gasteiger partial charge in [-0.05, 0) is 11.4 Å². The zero-order chi connectivity index (χ0) is 13.9. The third-order valence-corrected chi connectivity index (χ3v) is 3.24. The van der Waals surface area contributed by atoms with Crippen molar-refractivity contribution in [2.45, 2.75) is 12.7 Å². The van der Waals surface area contributed by atoms with Crippen LogP contribution in [0.2, 0.25) is 0 Å². The van der Waals surface area contributed by atoms with Gasteiger partial charge in [0.15, 0.2) is 0 Å². The number of nitrogens with zero attached hydrogens (tertiary/aromatic N) is 2. The van der Waals surface area contributed by atoms with E-state index in [4.69, 9.17) is 5.73 Å². The van der Waals surface area contributed by atoms with Crippen molar-refractivity contribution < 1.29 is 13.2 Å². The van der Waals surface area contributed by atoms with Crippen molar-refractivity contribution in [2.75, 3.05) is 6.54 Å². The molecule has 0 atom stereocenters. The second kappa shape index (κ2) is 5.47. The number of thiophene rings is 1. The molecule has 19 heavy (non-hydrogen) atoms. The van der Waals surface area contributed by atoms with Crippen molar-refractivity contribution in [3.05, 3.63) is 39.8 Å². The van der Waals surface area contributed by atoms with E-state index in [2.05, 4.69) is 16.9 Å². The summed E-state index contributed by atoms with van der Waals surface area (Å²) in [5, 5.41) is 5.55. The maximum absolute atomic E-state index is 12.4. The van der Waals surface area contributed by atoms with Gasteiger partial charge < -0.3 is 5.73 Å². The van der Waals surface area contributed by atoms with E-state index < -0.39 is 11.7 Å². The van der Waals surface area contributed by atoms with E-state index in [9.17, 15) is 13.2 Å². The molecule has 2 aromatic rings. The average molecular weight is 285 g/mol. The lowest BCUT2D eigenvalue weighted by molar-refractivity contribution is -0.137. The lowest BCUT2D eigenvalue weighted by atomic mass is 10.2. The Morgan fingerprint density at radius 1 is 1.42 bits per heavy atom. The molecule has 0 fully saturated rings. The van der Waals surface area contributed by atoms with Crippen LogP contribution in [0.15, 0.2) is 23.8 Å². The van der Waals surface area contributed by atoms with Crippen LogP contribution >= 0.6 is 11.3 Å². The Kier molecular flexibility index (Phi) is 3.93. The molecule has 0 radical (unpaired) electrons. The van der Waals surface area contributed by atoms with Gasteiger partial charge in [-0.2, -0.15) is 18.3 Å². The molecule has 2 aromatic heterocycles. The molecule has 2 rings (SSSR count). The monoisotopic (exact) mass is 285 g/mol. The Labute approximate surface area is 111 Å². The fraction of sp³-hybridized carbons (Fsp3) is 0.250. The molecule has 0 aliphatic carbocycles. The van der Waals surface area contributed by atoms with Crippen LogP contribution in [0.1, 0.15) is 16.0 Å². The number of hydrogen-bond donors (Lipinski definition) is 1. The predicted molar refractivity (Wildman–Crippen MR) is 66.6 cm³/mol. The zero-order valence-electron chi connectivity index (χ0n) is 9.74. The summed E-state index contributed by atoms with van der Waals surface area (Å²) in [6.07, 6.45) is -2.56. The summed E-state index contributed by atoms with van der Waals surface area (Å²) in [7, 11) is 0. The van der Waals surface area contributed by atoms with Gasteiger partial charge in [0.1, 0.15) is 0 Å². The minimum absolute atomic E-state index is 0.245. The number of hydrogen-bond acceptors (Lipinski definition) is 3. The standard InChI is InChI=1S/C12H10F3N3S/c13-12(14,15)10-6-17-18(7-10)8-11-9(2-1-4-16)3-5-19-11/h3,5-7H,4,8,16H2. The van der Waals surface area contributed by atoms with Gasteiger partial charge in [0.2, 0.25) is 0 Å². The van der Waals surface area contributed by atoms with Crippen molar-refractivity contribution in [3.63, 3.8) is 0 Å². The SMILES string of the molecule is NCC#Cc1ccsc1Cn1cc(C(F)(F)F)cn1. The highest BCUT2D eigenvalue weighted by Crippen LogP contribution is 2.28. The second-order valence-electron chi connectivity index (χ2n) is 3.69. The predicted octanol–water partition coefficient (Wildman–Crippen LogP) is 2.32. The number of rotatable bonds is 2. The highest BCUT2D eigenvalue weighted by molar-refractivity contribution is 7.10. The number of aromatic nitrogens is 2. The van der Waals surface area contributed by atoms with Crippen molar-refractivity contribution in [1.82, 2.24) is 9.78 Å². The van der Waals surface area contributed by atoms with Gasteiger partial charge in [-0.1, -0.05) is 11.8 Å². The first-order chi connectivity index (χ1) is 9.00. The first-order valence-electron chi connectivity index (χ1n) is 5.35. The molecule has 0 bridgehead atoms. The van der Waals surface area contributed by atoms with Crippen molar-refractivity contribution in [1.29, 1.82) is 0 Å². The molecular formula is C12H10F3N3S. The first kappa shape index (κ1) is 13.6. The zero-order valence-corrected chi connectivity index (χ0v) is 10.6. The van der Waals surface area contributed by atoms with Gasteiger partial charge in [-0.3, -0.25) is 4.68 Å². The Bertz CT molecular complexity index is 616. The van der Waals surface area contributed by atoms with Crippen molar-refractivity contribution in [3.8, 4) is 11.8 Å². The van der Waals surface area contributed by atoms with E-state index in [1.165, 1.54) is 16.0 Å². The van der Waals surface area contributed by atoms with Gasteiger partial charge in [0.25, 0.3) is 0 Å². The Morgan fingerprint density at radius 3 is 2.84 bits per heavy atom. The maximum Gasteiger partial charge on any atom is 0.419 e. The summed E-state index contributed by atoms with van der Waals surface area (Å²) in [6, 6.07) is 1.82. The number of nitrogens with two attached hydrogens (primary N) is 1. The quantitative estimate of drug-likeness (QED) is 0.861. The molecule has 100 valence electrons. The molecule has 0 saturated heterocycles. The number of halogens is 3. The summed E-state index contributed by atoms with van der Waals surface area (Å²) in [4.78, 5) is 0.859. The van der Waals surface area contributed by atoms with E-state index >= 15 is 0 Å². The minimum atomic E-state index is -4.37. The van der Waals surface area contributed by atoms with E-state index in [-0.39, 0.29) is 13.1 Å². The van der Waals surface area contributed by atoms with Gasteiger partial charge in [-0.25, -0.2) is 0 Å². The molecule has 0 aliphatic heterocycles. The molecule has 7 heteroatoms. The summed E-state index contributed by atoms with van der Waals surface area (Å²) < 4.78 is 38.6. The van der Waals surface area contributed by atoms with Gasteiger partial charge in [0, 0.05) is 16.6 Å². The molecule has 0 aromatic carbocycles. The Balaban J connectivity index is 2.18. The van der Waals surface area contributed by atoms with Crippen LogP contribution in [0.3, 0.4) is 0 Å². The smallest absolute Gasteiger partial charge is 0.320 e. The second-order valence-corrected chi connectivity index (χ2v) is 4.69. The van der Waals surface area contributed by atoms with Gasteiger partial charge in [-0.15, -0.1) is 11.3 Å². The lowest BCUT2D eigenvalue weighted by Crippen LogP contribution is -2.04.